The summed E-state index contributed by atoms with van der Waals surface area (Å²) in [5.74, 6) is -0.589. The van der Waals surface area contributed by atoms with E-state index in [1.807, 2.05) is 33.9 Å². The fraction of sp³-hybridized carbons (Fsp3) is 0.267. The predicted octanol–water partition coefficient (Wildman–Crippen LogP) is 6.00. The van der Waals surface area contributed by atoms with Crippen molar-refractivity contribution in [3.05, 3.63) is 94.7 Å². The predicted molar refractivity (Wildman–Crippen MR) is 146 cm³/mol. The molecule has 7 nitrogen and oxygen atoms in total. The van der Waals surface area contributed by atoms with Crippen molar-refractivity contribution in [2.75, 3.05) is 0 Å². The Labute approximate surface area is 221 Å². The van der Waals surface area contributed by atoms with E-state index in [0.29, 0.717) is 22.7 Å². The van der Waals surface area contributed by atoms with Gasteiger partial charge in [0.25, 0.3) is 5.91 Å². The summed E-state index contributed by atoms with van der Waals surface area (Å²) in [6.07, 6.45) is 2.12. The summed E-state index contributed by atoms with van der Waals surface area (Å²) in [5, 5.41) is 12.3. The minimum atomic E-state index is -0.322. The zero-order valence-electron chi connectivity index (χ0n) is 22.3. The summed E-state index contributed by atoms with van der Waals surface area (Å²) >= 11 is 0. The number of benzene rings is 2. The number of aromatic nitrogens is 5. The van der Waals surface area contributed by atoms with Gasteiger partial charge in [-0.05, 0) is 68.7 Å². The number of carbonyl (C=O) groups is 1. The lowest BCUT2D eigenvalue weighted by Crippen LogP contribution is -2.28. The van der Waals surface area contributed by atoms with Crippen LogP contribution in [0.2, 0.25) is 0 Å². The SMILES string of the molecule is CCCc1ccc([C@H](C)NC(=O)c2cc(-c3c(C)nn(C)c3C)nc3cc(-c4ccc(F)cc4)nn23)cc1. The quantitative estimate of drug-likeness (QED) is 0.292. The molecule has 3 heterocycles. The van der Waals surface area contributed by atoms with Crippen molar-refractivity contribution >= 4 is 11.6 Å². The number of hydrogen-bond donors (Lipinski definition) is 1. The maximum atomic E-state index is 13.7. The Morgan fingerprint density at radius 1 is 1.00 bits per heavy atom. The summed E-state index contributed by atoms with van der Waals surface area (Å²) in [6, 6.07) is 17.8. The standard InChI is InChI=1S/C30H31FN6O/c1-6-7-21-8-10-22(11-9-21)18(2)32-30(38)27-16-26(29-19(3)34-36(5)20(29)4)33-28-17-25(35-37(27)28)23-12-14-24(31)15-13-23/h8-18H,6-7H2,1-5H3,(H,32,38)/t18-/m0/s1. The lowest BCUT2D eigenvalue weighted by Gasteiger charge is -2.16. The largest absolute Gasteiger partial charge is 0.344 e. The molecule has 0 aliphatic carbocycles. The first-order chi connectivity index (χ1) is 18.2. The molecule has 0 spiro atoms. The molecule has 5 rings (SSSR count). The van der Waals surface area contributed by atoms with Crippen molar-refractivity contribution in [1.29, 1.82) is 0 Å². The molecule has 0 bridgehead atoms. The molecule has 8 heteroatoms. The highest BCUT2D eigenvalue weighted by Gasteiger charge is 2.22. The molecule has 0 unspecified atom stereocenters. The third kappa shape index (κ3) is 4.81. The number of nitrogens with one attached hydrogen (secondary N) is 1. The van der Waals surface area contributed by atoms with Crippen molar-refractivity contribution < 1.29 is 9.18 Å². The molecule has 3 aromatic heterocycles. The summed E-state index contributed by atoms with van der Waals surface area (Å²) in [5.41, 5.74) is 7.82. The van der Waals surface area contributed by atoms with Gasteiger partial charge in [-0.2, -0.15) is 10.2 Å². The van der Waals surface area contributed by atoms with E-state index >= 15 is 0 Å². The summed E-state index contributed by atoms with van der Waals surface area (Å²) in [4.78, 5) is 18.5. The number of rotatable bonds is 7. The van der Waals surface area contributed by atoms with Crippen molar-refractivity contribution in [2.45, 2.75) is 46.6 Å². The minimum Gasteiger partial charge on any atom is -0.344 e. The molecule has 2 aromatic carbocycles. The summed E-state index contributed by atoms with van der Waals surface area (Å²) < 4.78 is 16.9. The van der Waals surface area contributed by atoms with Gasteiger partial charge in [0.05, 0.1) is 23.1 Å². The third-order valence-electron chi connectivity index (χ3n) is 6.93. The van der Waals surface area contributed by atoms with Crippen LogP contribution in [-0.4, -0.2) is 30.3 Å². The number of fused-ring (bicyclic) bond motifs is 1. The van der Waals surface area contributed by atoms with E-state index in [9.17, 15) is 9.18 Å². The lowest BCUT2D eigenvalue weighted by molar-refractivity contribution is 0.0932. The number of amides is 1. The maximum Gasteiger partial charge on any atom is 0.270 e. The van der Waals surface area contributed by atoms with E-state index in [0.717, 1.165) is 40.9 Å². The molecule has 1 N–H and O–H groups in total. The van der Waals surface area contributed by atoms with Crippen LogP contribution >= 0.6 is 0 Å². The Morgan fingerprint density at radius 3 is 2.34 bits per heavy atom. The van der Waals surface area contributed by atoms with Gasteiger partial charge in [-0.3, -0.25) is 9.48 Å². The van der Waals surface area contributed by atoms with E-state index in [-0.39, 0.29) is 17.8 Å². The normalized spacial score (nSPS) is 12.2. The number of nitrogens with zero attached hydrogens (tertiary/aromatic N) is 5. The van der Waals surface area contributed by atoms with E-state index in [1.165, 1.54) is 17.7 Å². The second-order valence-electron chi connectivity index (χ2n) is 9.69. The Bertz CT molecular complexity index is 1620. The number of hydrogen-bond acceptors (Lipinski definition) is 4. The van der Waals surface area contributed by atoms with Crippen LogP contribution in [0, 0.1) is 19.7 Å². The molecular formula is C30H31FN6O. The van der Waals surface area contributed by atoms with Crippen LogP contribution in [0.1, 0.15) is 59.3 Å². The molecule has 0 saturated heterocycles. The number of halogens is 1. The Morgan fingerprint density at radius 2 is 1.71 bits per heavy atom. The smallest absolute Gasteiger partial charge is 0.270 e. The monoisotopic (exact) mass is 510 g/mol. The fourth-order valence-corrected chi connectivity index (χ4v) is 4.79. The molecule has 1 amide bonds. The van der Waals surface area contributed by atoms with Crippen molar-refractivity contribution in [2.24, 2.45) is 7.05 Å². The molecule has 0 aliphatic rings. The van der Waals surface area contributed by atoms with Gasteiger partial charge in [-0.1, -0.05) is 37.6 Å². The molecule has 0 aliphatic heterocycles. The van der Waals surface area contributed by atoms with Gasteiger partial charge in [0, 0.05) is 29.9 Å². The topological polar surface area (TPSA) is 77.1 Å². The Hall–Kier alpha value is -4.33. The van der Waals surface area contributed by atoms with E-state index in [4.69, 9.17) is 4.98 Å². The van der Waals surface area contributed by atoms with Crippen LogP contribution in [0.3, 0.4) is 0 Å². The van der Waals surface area contributed by atoms with Crippen molar-refractivity contribution in [3.8, 4) is 22.5 Å². The second kappa shape index (κ2) is 10.2. The van der Waals surface area contributed by atoms with Gasteiger partial charge >= 0.3 is 0 Å². The van der Waals surface area contributed by atoms with Crippen LogP contribution in [-0.2, 0) is 13.5 Å². The van der Waals surface area contributed by atoms with Crippen molar-refractivity contribution in [1.82, 2.24) is 29.7 Å². The van der Waals surface area contributed by atoms with Gasteiger partial charge in [0.2, 0.25) is 0 Å². The number of carbonyl (C=O) groups excluding carboxylic acids is 1. The first-order valence-corrected chi connectivity index (χ1v) is 12.8. The van der Waals surface area contributed by atoms with Gasteiger partial charge < -0.3 is 5.32 Å². The molecule has 38 heavy (non-hydrogen) atoms. The summed E-state index contributed by atoms with van der Waals surface area (Å²) in [7, 11) is 1.89. The van der Waals surface area contributed by atoms with Crippen LogP contribution in [0.25, 0.3) is 28.2 Å². The maximum absolute atomic E-state index is 13.7. The van der Waals surface area contributed by atoms with Crippen LogP contribution in [0.15, 0.2) is 60.7 Å². The van der Waals surface area contributed by atoms with Gasteiger partial charge in [0.15, 0.2) is 5.65 Å². The summed E-state index contributed by atoms with van der Waals surface area (Å²) in [6.45, 7) is 8.03. The highest BCUT2D eigenvalue weighted by molar-refractivity contribution is 5.95. The second-order valence-corrected chi connectivity index (χ2v) is 9.69. The van der Waals surface area contributed by atoms with Gasteiger partial charge in [0.1, 0.15) is 11.5 Å². The lowest BCUT2D eigenvalue weighted by atomic mass is 10.0. The minimum absolute atomic E-state index is 0.209. The first kappa shape index (κ1) is 25.3. The highest BCUT2D eigenvalue weighted by atomic mass is 19.1. The van der Waals surface area contributed by atoms with E-state index in [1.54, 1.807) is 27.4 Å². The fourth-order valence-electron chi connectivity index (χ4n) is 4.79. The Kier molecular flexibility index (Phi) is 6.80. The molecular weight excluding hydrogens is 479 g/mol. The zero-order chi connectivity index (χ0) is 27.0. The van der Waals surface area contributed by atoms with Gasteiger partial charge in [-0.25, -0.2) is 13.9 Å². The zero-order valence-corrected chi connectivity index (χ0v) is 22.3. The first-order valence-electron chi connectivity index (χ1n) is 12.8. The molecule has 1 atom stereocenters. The van der Waals surface area contributed by atoms with Crippen molar-refractivity contribution in [3.63, 3.8) is 0 Å². The average Bonchev–Trinajstić information content (AvgIpc) is 3.44. The van der Waals surface area contributed by atoms with E-state index in [2.05, 4.69) is 46.7 Å². The average molecular weight is 511 g/mol. The van der Waals surface area contributed by atoms with Gasteiger partial charge in [-0.15, -0.1) is 0 Å². The van der Waals surface area contributed by atoms with Crippen LogP contribution in [0.4, 0.5) is 4.39 Å². The number of aryl methyl sites for hydroxylation is 3. The van der Waals surface area contributed by atoms with E-state index < -0.39 is 0 Å². The third-order valence-corrected chi connectivity index (χ3v) is 6.93. The molecule has 0 saturated carbocycles. The van der Waals surface area contributed by atoms with Crippen LogP contribution in [0.5, 0.6) is 0 Å². The molecule has 194 valence electrons. The molecule has 5 aromatic rings. The Balaban J connectivity index is 1.57. The highest BCUT2D eigenvalue weighted by Crippen LogP contribution is 2.28. The van der Waals surface area contributed by atoms with Crippen LogP contribution < -0.4 is 5.32 Å². The molecule has 0 fully saturated rings. The molecule has 0 radical (unpaired) electrons.